The van der Waals surface area contributed by atoms with E-state index in [1.165, 1.54) is 15.3 Å². The molecule has 244 valence electrons. The van der Waals surface area contributed by atoms with Crippen LogP contribution in [0.15, 0.2) is 96.0 Å². The number of benzene rings is 3. The maximum Gasteiger partial charge on any atom is 0.268 e. The first kappa shape index (κ1) is 31.5. The fourth-order valence-electron chi connectivity index (χ4n) is 5.92. The van der Waals surface area contributed by atoms with Crippen LogP contribution in [-0.2, 0) is 21.4 Å². The van der Waals surface area contributed by atoms with Gasteiger partial charge < -0.3 is 15.0 Å². The Morgan fingerprint density at radius 1 is 1.00 bits per heavy atom. The normalized spacial score (nSPS) is 15.2. The standard InChI is InChI=1S/C36H34N6O4S2/c1-23-7-14-28(15-8-23)48(44,45)42-22-30(32-6-4-5-31(38-32)25-17-18-41(2)34(43)20-25)29-19-26(11-16-33(29)42)35-39-40-36(47-35)37-21-24-9-12-27(46-3)13-10-24/h4-16,19,22,25H,17-18,20-21H2,1-3H3,(H,37,40). The highest BCUT2D eigenvalue weighted by Crippen LogP contribution is 2.37. The molecule has 1 saturated heterocycles. The van der Waals surface area contributed by atoms with Gasteiger partial charge in [-0.3, -0.25) is 9.78 Å². The second kappa shape index (κ2) is 12.9. The SMILES string of the molecule is COc1ccc(CNc2nnc(-c3ccc4c(c3)c(-c3cccc(C5CCN(C)C(=O)C5)n3)cn4S(=O)(=O)c3ccc(C)cc3)s2)cc1. The number of piperidine rings is 1. The van der Waals surface area contributed by atoms with Gasteiger partial charge in [-0.1, -0.05) is 47.2 Å². The molecule has 0 spiro atoms. The average molecular weight is 679 g/mol. The van der Waals surface area contributed by atoms with Crippen molar-refractivity contribution in [1.82, 2.24) is 24.1 Å². The Morgan fingerprint density at radius 3 is 2.54 bits per heavy atom. The van der Waals surface area contributed by atoms with Crippen LogP contribution in [0.3, 0.4) is 0 Å². The predicted octanol–water partition coefficient (Wildman–Crippen LogP) is 6.72. The molecule has 1 aliphatic rings. The quantitative estimate of drug-likeness (QED) is 0.179. The van der Waals surface area contributed by atoms with Gasteiger partial charge in [-0.2, -0.15) is 0 Å². The van der Waals surface area contributed by atoms with Gasteiger partial charge >= 0.3 is 0 Å². The summed E-state index contributed by atoms with van der Waals surface area (Å²) in [5, 5.41) is 14.2. The van der Waals surface area contributed by atoms with E-state index in [2.05, 4.69) is 15.5 Å². The molecule has 1 fully saturated rings. The molecule has 0 bridgehead atoms. The molecule has 6 aromatic rings. The number of ether oxygens (including phenoxy) is 1. The highest BCUT2D eigenvalue weighted by Gasteiger charge is 2.27. The van der Waals surface area contributed by atoms with E-state index in [0.717, 1.165) is 39.9 Å². The molecule has 10 nitrogen and oxygen atoms in total. The Morgan fingerprint density at radius 2 is 1.79 bits per heavy atom. The van der Waals surface area contributed by atoms with Crippen molar-refractivity contribution in [2.45, 2.75) is 37.1 Å². The number of hydrogen-bond acceptors (Lipinski definition) is 9. The number of methoxy groups -OCH3 is 1. The van der Waals surface area contributed by atoms with Gasteiger partial charge in [0, 0.05) is 60.9 Å². The van der Waals surface area contributed by atoms with Crippen molar-refractivity contribution >= 4 is 43.3 Å². The van der Waals surface area contributed by atoms with E-state index in [1.807, 2.05) is 74.6 Å². The third-order valence-corrected chi connectivity index (χ3v) is 11.4. The van der Waals surface area contributed by atoms with Crippen molar-refractivity contribution in [3.8, 4) is 27.6 Å². The number of likely N-dealkylation sites (tertiary alicyclic amines) is 1. The zero-order valence-electron chi connectivity index (χ0n) is 26.8. The summed E-state index contributed by atoms with van der Waals surface area (Å²) in [4.78, 5) is 19.4. The van der Waals surface area contributed by atoms with Gasteiger partial charge in [0.05, 0.1) is 23.2 Å². The van der Waals surface area contributed by atoms with Crippen LogP contribution in [0.4, 0.5) is 5.13 Å². The van der Waals surface area contributed by atoms with Crippen molar-refractivity contribution in [1.29, 1.82) is 0 Å². The fourth-order valence-corrected chi connectivity index (χ4v) is 8.02. The summed E-state index contributed by atoms with van der Waals surface area (Å²) in [6.07, 6.45) is 2.86. The van der Waals surface area contributed by atoms with E-state index >= 15 is 0 Å². The molecule has 12 heteroatoms. The van der Waals surface area contributed by atoms with E-state index in [4.69, 9.17) is 9.72 Å². The summed E-state index contributed by atoms with van der Waals surface area (Å²) in [5.74, 6) is 0.893. The Kier molecular flexibility index (Phi) is 8.44. The van der Waals surface area contributed by atoms with Crippen molar-refractivity contribution in [3.05, 3.63) is 108 Å². The lowest BCUT2D eigenvalue weighted by Gasteiger charge is -2.28. The highest BCUT2D eigenvalue weighted by molar-refractivity contribution is 7.90. The predicted molar refractivity (Wildman–Crippen MR) is 188 cm³/mol. The number of aryl methyl sites for hydroxylation is 1. The minimum absolute atomic E-state index is 0.000851. The smallest absolute Gasteiger partial charge is 0.268 e. The third kappa shape index (κ3) is 6.16. The maximum absolute atomic E-state index is 14.0. The number of carbonyl (C=O) groups excluding carboxylic acids is 1. The largest absolute Gasteiger partial charge is 0.497 e. The monoisotopic (exact) mass is 678 g/mol. The van der Waals surface area contributed by atoms with Gasteiger partial charge in [-0.15, -0.1) is 10.2 Å². The zero-order chi connectivity index (χ0) is 33.4. The molecule has 3 aromatic heterocycles. The van der Waals surface area contributed by atoms with E-state index < -0.39 is 10.0 Å². The van der Waals surface area contributed by atoms with Crippen LogP contribution < -0.4 is 10.1 Å². The number of fused-ring (bicyclic) bond motifs is 1. The van der Waals surface area contributed by atoms with Crippen molar-refractivity contribution in [3.63, 3.8) is 0 Å². The summed E-state index contributed by atoms with van der Waals surface area (Å²) in [6.45, 7) is 3.17. The van der Waals surface area contributed by atoms with E-state index in [0.29, 0.717) is 46.4 Å². The Labute approximate surface area is 283 Å². The van der Waals surface area contributed by atoms with Gasteiger partial charge in [0.1, 0.15) is 10.8 Å². The minimum Gasteiger partial charge on any atom is -0.497 e. The number of pyridine rings is 1. The summed E-state index contributed by atoms with van der Waals surface area (Å²) in [5.41, 5.74) is 5.52. The Balaban J connectivity index is 1.27. The van der Waals surface area contributed by atoms with Gasteiger partial charge in [0.15, 0.2) is 0 Å². The fraction of sp³-hybridized carbons (Fsp3) is 0.222. The average Bonchev–Trinajstić information content (AvgIpc) is 3.74. The number of nitrogens with one attached hydrogen (secondary N) is 1. The lowest BCUT2D eigenvalue weighted by molar-refractivity contribution is -0.132. The molecular weight excluding hydrogens is 645 g/mol. The van der Waals surface area contributed by atoms with E-state index in [1.54, 1.807) is 42.5 Å². The second-order valence-electron chi connectivity index (χ2n) is 12.0. The zero-order valence-corrected chi connectivity index (χ0v) is 28.4. The summed E-state index contributed by atoms with van der Waals surface area (Å²) < 4.78 is 34.6. The maximum atomic E-state index is 14.0. The summed E-state index contributed by atoms with van der Waals surface area (Å²) in [6, 6.07) is 26.0. The van der Waals surface area contributed by atoms with Crippen LogP contribution in [0.25, 0.3) is 32.7 Å². The number of anilines is 1. The first-order valence-electron chi connectivity index (χ1n) is 15.6. The molecule has 48 heavy (non-hydrogen) atoms. The number of nitrogens with zero attached hydrogens (tertiary/aromatic N) is 5. The molecule has 1 atom stereocenters. The highest BCUT2D eigenvalue weighted by atomic mass is 32.2. The number of rotatable bonds is 9. The lowest BCUT2D eigenvalue weighted by atomic mass is 9.92. The van der Waals surface area contributed by atoms with Crippen LogP contribution in [0.5, 0.6) is 5.75 Å². The van der Waals surface area contributed by atoms with Crippen molar-refractivity contribution in [2.75, 3.05) is 26.0 Å². The number of hydrogen-bond donors (Lipinski definition) is 1. The minimum atomic E-state index is -3.93. The van der Waals surface area contributed by atoms with Crippen LogP contribution in [0, 0.1) is 6.92 Å². The molecule has 0 radical (unpaired) electrons. The number of amides is 1. The van der Waals surface area contributed by atoms with Gasteiger partial charge in [0.2, 0.25) is 11.0 Å². The van der Waals surface area contributed by atoms with Crippen LogP contribution in [0.1, 0.15) is 35.6 Å². The molecule has 3 aromatic carbocycles. The van der Waals surface area contributed by atoms with Crippen molar-refractivity contribution < 1.29 is 17.9 Å². The lowest BCUT2D eigenvalue weighted by Crippen LogP contribution is -2.35. The Bertz CT molecular complexity index is 2230. The molecule has 1 unspecified atom stereocenters. The van der Waals surface area contributed by atoms with E-state index in [-0.39, 0.29) is 16.7 Å². The molecule has 1 aliphatic heterocycles. The van der Waals surface area contributed by atoms with Crippen molar-refractivity contribution in [2.24, 2.45) is 0 Å². The summed E-state index contributed by atoms with van der Waals surface area (Å²) in [7, 11) is -0.469. The molecular formula is C36H34N6O4S2. The van der Waals surface area contributed by atoms with Gasteiger partial charge in [-0.05, 0) is 73.5 Å². The first-order chi connectivity index (χ1) is 23.2. The number of aromatic nitrogens is 4. The molecule has 1 N–H and O–H groups in total. The van der Waals surface area contributed by atoms with Gasteiger partial charge in [-0.25, -0.2) is 12.4 Å². The first-order valence-corrected chi connectivity index (χ1v) is 17.8. The third-order valence-electron chi connectivity index (χ3n) is 8.75. The van der Waals surface area contributed by atoms with Gasteiger partial charge in [0.25, 0.3) is 10.0 Å². The topological polar surface area (TPSA) is 119 Å². The molecule has 1 amide bonds. The molecule has 0 saturated carbocycles. The second-order valence-corrected chi connectivity index (χ2v) is 14.7. The molecule has 0 aliphatic carbocycles. The molecule has 7 rings (SSSR count). The van der Waals surface area contributed by atoms with Crippen LogP contribution in [0.2, 0.25) is 0 Å². The number of carbonyl (C=O) groups is 1. The molecule has 4 heterocycles. The summed E-state index contributed by atoms with van der Waals surface area (Å²) >= 11 is 1.42. The van der Waals surface area contributed by atoms with Crippen LogP contribution in [-0.4, -0.2) is 59.1 Å². The van der Waals surface area contributed by atoms with E-state index in [9.17, 15) is 13.2 Å². The Hall–Kier alpha value is -5.07. The van der Waals surface area contributed by atoms with Crippen LogP contribution >= 0.6 is 11.3 Å².